The number of ether oxygens (including phenoxy) is 2. The number of hydrogen-bond donors (Lipinski definition) is 1. The highest BCUT2D eigenvalue weighted by atomic mass is 35.5. The first kappa shape index (κ1) is 23.0. The molecule has 0 fully saturated rings. The van der Waals surface area contributed by atoms with E-state index >= 15 is 0 Å². The minimum Gasteiger partial charge on any atom is -0.493 e. The van der Waals surface area contributed by atoms with Crippen LogP contribution in [0.3, 0.4) is 0 Å². The highest BCUT2D eigenvalue weighted by molar-refractivity contribution is 6.31. The molecule has 0 aliphatic heterocycles. The van der Waals surface area contributed by atoms with Crippen molar-refractivity contribution in [3.8, 4) is 11.5 Å². The van der Waals surface area contributed by atoms with E-state index in [1.165, 1.54) is 12.1 Å². The van der Waals surface area contributed by atoms with Gasteiger partial charge in [-0.25, -0.2) is 9.37 Å². The van der Waals surface area contributed by atoms with E-state index in [1.807, 2.05) is 35.3 Å². The zero-order chi connectivity index (χ0) is 19.8. The van der Waals surface area contributed by atoms with E-state index in [2.05, 4.69) is 10.3 Å². The maximum Gasteiger partial charge on any atom is 0.166 e. The van der Waals surface area contributed by atoms with E-state index in [0.29, 0.717) is 28.6 Å². The van der Waals surface area contributed by atoms with Crippen LogP contribution < -0.4 is 14.8 Å². The number of halogens is 3. The number of benzene rings is 2. The zero-order valence-corrected chi connectivity index (χ0v) is 17.7. The van der Waals surface area contributed by atoms with Gasteiger partial charge in [0.25, 0.3) is 0 Å². The fourth-order valence-electron chi connectivity index (χ4n) is 2.84. The predicted octanol–water partition coefficient (Wildman–Crippen LogP) is 4.86. The van der Waals surface area contributed by atoms with Crippen molar-refractivity contribution in [2.24, 2.45) is 0 Å². The van der Waals surface area contributed by atoms with Gasteiger partial charge in [-0.2, -0.15) is 0 Å². The van der Waals surface area contributed by atoms with Gasteiger partial charge in [0.05, 0.1) is 18.5 Å². The maximum absolute atomic E-state index is 13.2. The van der Waals surface area contributed by atoms with Crippen LogP contribution in [0.4, 0.5) is 4.39 Å². The molecule has 0 bridgehead atoms. The van der Waals surface area contributed by atoms with E-state index < -0.39 is 0 Å². The summed E-state index contributed by atoms with van der Waals surface area (Å²) in [4.78, 5) is 4.04. The van der Waals surface area contributed by atoms with Gasteiger partial charge in [-0.3, -0.25) is 0 Å². The lowest BCUT2D eigenvalue weighted by molar-refractivity contribution is 0.280. The SMILES string of the molecule is COc1cccc(CNCCCn2ccnc2)c1OCc1ccc(F)cc1Cl.Cl. The molecule has 3 aromatic rings. The summed E-state index contributed by atoms with van der Waals surface area (Å²) in [6, 6.07) is 10.1. The van der Waals surface area contributed by atoms with Crippen molar-refractivity contribution in [2.45, 2.75) is 26.1 Å². The molecule has 3 rings (SSSR count). The summed E-state index contributed by atoms with van der Waals surface area (Å²) >= 11 is 6.10. The lowest BCUT2D eigenvalue weighted by Gasteiger charge is -2.16. The first-order valence-corrected chi connectivity index (χ1v) is 9.44. The predicted molar refractivity (Wildman–Crippen MR) is 115 cm³/mol. The van der Waals surface area contributed by atoms with Gasteiger partial charge in [-0.05, 0) is 31.2 Å². The Balaban J connectivity index is 0.00000300. The summed E-state index contributed by atoms with van der Waals surface area (Å²) in [5, 5.41) is 3.77. The highest BCUT2D eigenvalue weighted by Gasteiger charge is 2.12. The average molecular weight is 440 g/mol. The highest BCUT2D eigenvalue weighted by Crippen LogP contribution is 2.32. The van der Waals surface area contributed by atoms with Gasteiger partial charge in [-0.1, -0.05) is 29.8 Å². The summed E-state index contributed by atoms with van der Waals surface area (Å²) in [7, 11) is 1.61. The fraction of sp³-hybridized carbons (Fsp3) is 0.286. The average Bonchev–Trinajstić information content (AvgIpc) is 3.21. The van der Waals surface area contributed by atoms with E-state index in [1.54, 1.807) is 19.4 Å². The number of hydrogen-bond acceptors (Lipinski definition) is 4. The molecule has 156 valence electrons. The second-order valence-electron chi connectivity index (χ2n) is 6.30. The van der Waals surface area contributed by atoms with Crippen molar-refractivity contribution in [2.75, 3.05) is 13.7 Å². The lowest BCUT2D eigenvalue weighted by atomic mass is 10.1. The van der Waals surface area contributed by atoms with Gasteiger partial charge in [0.2, 0.25) is 0 Å². The standard InChI is InChI=1S/C21H23ClFN3O2.ClH/c1-27-20-5-2-4-16(13-24-8-3-10-26-11-9-25-15-26)21(20)28-14-17-6-7-18(23)12-19(17)22;/h2,4-7,9,11-12,15,24H,3,8,10,13-14H2,1H3;1H. The molecule has 0 saturated carbocycles. The number of nitrogens with one attached hydrogen (secondary N) is 1. The summed E-state index contributed by atoms with van der Waals surface area (Å²) in [5.74, 6) is 0.940. The number of imidazole rings is 1. The quantitative estimate of drug-likeness (QED) is 0.458. The van der Waals surface area contributed by atoms with Crippen molar-refractivity contribution < 1.29 is 13.9 Å². The van der Waals surface area contributed by atoms with Crippen LogP contribution in [-0.2, 0) is 19.7 Å². The molecule has 0 aliphatic carbocycles. The topological polar surface area (TPSA) is 48.3 Å². The van der Waals surface area contributed by atoms with Gasteiger partial charge in [0.1, 0.15) is 12.4 Å². The number of aromatic nitrogens is 2. The Kier molecular flexibility index (Phi) is 9.25. The molecule has 1 aromatic heterocycles. The lowest BCUT2D eigenvalue weighted by Crippen LogP contribution is -2.17. The molecule has 2 aromatic carbocycles. The van der Waals surface area contributed by atoms with Crippen LogP contribution in [0.1, 0.15) is 17.5 Å². The Morgan fingerprint density at radius 1 is 1.21 bits per heavy atom. The maximum atomic E-state index is 13.2. The third-order valence-corrected chi connectivity index (χ3v) is 4.66. The zero-order valence-electron chi connectivity index (χ0n) is 16.1. The Labute approximate surface area is 181 Å². The van der Waals surface area contributed by atoms with Gasteiger partial charge in [0, 0.05) is 36.6 Å². The molecule has 0 spiro atoms. The molecule has 0 saturated heterocycles. The first-order chi connectivity index (χ1) is 13.7. The van der Waals surface area contributed by atoms with Crippen molar-refractivity contribution in [1.29, 1.82) is 0 Å². The monoisotopic (exact) mass is 439 g/mol. The third-order valence-electron chi connectivity index (χ3n) is 4.31. The van der Waals surface area contributed by atoms with Gasteiger partial charge in [0.15, 0.2) is 11.5 Å². The normalized spacial score (nSPS) is 10.4. The molecule has 0 aliphatic rings. The molecule has 29 heavy (non-hydrogen) atoms. The van der Waals surface area contributed by atoms with Gasteiger partial charge >= 0.3 is 0 Å². The largest absolute Gasteiger partial charge is 0.493 e. The van der Waals surface area contributed by atoms with Crippen LogP contribution in [-0.4, -0.2) is 23.2 Å². The molecular formula is C21H24Cl2FN3O2. The van der Waals surface area contributed by atoms with E-state index in [9.17, 15) is 4.39 Å². The number of nitrogens with zero attached hydrogens (tertiary/aromatic N) is 2. The van der Waals surface area contributed by atoms with Crippen LogP contribution in [0.2, 0.25) is 5.02 Å². The van der Waals surface area contributed by atoms with Crippen LogP contribution in [0.15, 0.2) is 55.1 Å². The Morgan fingerprint density at radius 2 is 2.07 bits per heavy atom. The summed E-state index contributed by atoms with van der Waals surface area (Å²) < 4.78 is 26.7. The van der Waals surface area contributed by atoms with Crippen molar-refractivity contribution in [1.82, 2.24) is 14.9 Å². The van der Waals surface area contributed by atoms with Crippen LogP contribution in [0.25, 0.3) is 0 Å². The number of methoxy groups -OCH3 is 1. The Morgan fingerprint density at radius 3 is 2.79 bits per heavy atom. The fourth-order valence-corrected chi connectivity index (χ4v) is 3.06. The smallest absolute Gasteiger partial charge is 0.166 e. The molecule has 0 radical (unpaired) electrons. The first-order valence-electron chi connectivity index (χ1n) is 9.06. The van der Waals surface area contributed by atoms with E-state index in [4.69, 9.17) is 21.1 Å². The van der Waals surface area contributed by atoms with Gasteiger partial charge < -0.3 is 19.4 Å². The van der Waals surface area contributed by atoms with E-state index in [0.717, 1.165) is 25.1 Å². The molecule has 1 N–H and O–H groups in total. The molecule has 8 heteroatoms. The summed E-state index contributed by atoms with van der Waals surface area (Å²) in [6.45, 7) is 2.65. The molecule has 0 unspecified atom stereocenters. The third kappa shape index (κ3) is 6.63. The molecule has 0 amide bonds. The summed E-state index contributed by atoms with van der Waals surface area (Å²) in [5.41, 5.74) is 1.70. The second-order valence-corrected chi connectivity index (χ2v) is 6.71. The summed E-state index contributed by atoms with van der Waals surface area (Å²) in [6.07, 6.45) is 6.53. The van der Waals surface area contributed by atoms with Crippen molar-refractivity contribution >= 4 is 24.0 Å². The number of rotatable bonds is 10. The van der Waals surface area contributed by atoms with Crippen LogP contribution in [0.5, 0.6) is 11.5 Å². The van der Waals surface area contributed by atoms with Crippen LogP contribution >= 0.6 is 24.0 Å². The molecule has 1 heterocycles. The Hall–Kier alpha value is -2.28. The van der Waals surface area contributed by atoms with Crippen molar-refractivity contribution in [3.05, 3.63) is 77.1 Å². The van der Waals surface area contributed by atoms with Gasteiger partial charge in [-0.15, -0.1) is 12.4 Å². The minimum atomic E-state index is -0.369. The molecule has 5 nitrogen and oxygen atoms in total. The molecular weight excluding hydrogens is 416 g/mol. The number of para-hydroxylation sites is 1. The number of aryl methyl sites for hydroxylation is 1. The van der Waals surface area contributed by atoms with Crippen molar-refractivity contribution in [3.63, 3.8) is 0 Å². The molecule has 0 atom stereocenters. The van der Waals surface area contributed by atoms with Crippen LogP contribution in [0, 0.1) is 5.82 Å². The minimum absolute atomic E-state index is 0. The van der Waals surface area contributed by atoms with E-state index in [-0.39, 0.29) is 24.8 Å². The Bertz CT molecular complexity index is 892. The second kappa shape index (κ2) is 11.7.